The number of anilines is 1. The fourth-order valence-electron chi connectivity index (χ4n) is 5.20. The molecule has 4 heterocycles. The minimum atomic E-state index is -1.08. The fourth-order valence-corrected chi connectivity index (χ4v) is 7.07. The van der Waals surface area contributed by atoms with Gasteiger partial charge in [0, 0.05) is 55.4 Å². The number of aliphatic hydroxyl groups is 1. The highest BCUT2D eigenvalue weighted by atomic mass is 35.5. The van der Waals surface area contributed by atoms with Gasteiger partial charge in [0.2, 0.25) is 5.95 Å². The number of aliphatic hydroxyl groups excluding tert-OH is 1. The molecule has 0 bridgehead atoms. The number of halogens is 1. The minimum absolute atomic E-state index is 0.127. The van der Waals surface area contributed by atoms with Gasteiger partial charge in [0.25, 0.3) is 0 Å². The molecule has 3 atom stereocenters. The Labute approximate surface area is 177 Å². The maximum absolute atomic E-state index is 12.7. The molecule has 2 aromatic heterocycles. The van der Waals surface area contributed by atoms with Crippen molar-refractivity contribution in [2.45, 2.75) is 48.3 Å². The summed E-state index contributed by atoms with van der Waals surface area (Å²) in [5, 5.41) is 10.5. The van der Waals surface area contributed by atoms with Crippen LogP contribution in [-0.4, -0.2) is 54.7 Å². The van der Waals surface area contributed by atoms with Crippen LogP contribution in [0.4, 0.5) is 5.95 Å². The van der Waals surface area contributed by atoms with Gasteiger partial charge in [0.1, 0.15) is 5.82 Å². The van der Waals surface area contributed by atoms with Crippen molar-refractivity contribution in [1.29, 1.82) is 0 Å². The van der Waals surface area contributed by atoms with E-state index in [1.54, 1.807) is 18.6 Å². The second-order valence-electron chi connectivity index (χ2n) is 8.32. The Kier molecular flexibility index (Phi) is 5.04. The van der Waals surface area contributed by atoms with Crippen LogP contribution in [0, 0.1) is 5.92 Å². The highest BCUT2D eigenvalue weighted by Gasteiger charge is 2.52. The van der Waals surface area contributed by atoms with Crippen LogP contribution in [0.2, 0.25) is 5.02 Å². The van der Waals surface area contributed by atoms with Crippen LogP contribution < -0.4 is 4.90 Å². The molecular weight excluding hydrogens is 410 g/mol. The largest absolute Gasteiger partial charge is 0.396 e. The Morgan fingerprint density at radius 3 is 2.66 bits per heavy atom. The van der Waals surface area contributed by atoms with E-state index in [0.29, 0.717) is 22.6 Å². The lowest BCUT2D eigenvalue weighted by molar-refractivity contribution is 0.180. The molecule has 1 saturated carbocycles. The van der Waals surface area contributed by atoms with E-state index in [0.717, 1.165) is 61.6 Å². The van der Waals surface area contributed by atoms with Crippen LogP contribution in [0.3, 0.4) is 0 Å². The first kappa shape index (κ1) is 19.3. The molecule has 7 nitrogen and oxygen atoms in total. The summed E-state index contributed by atoms with van der Waals surface area (Å²) in [5.41, 5.74) is 0.669. The number of rotatable bonds is 3. The van der Waals surface area contributed by atoms with Gasteiger partial charge in [-0.1, -0.05) is 18.0 Å². The van der Waals surface area contributed by atoms with Crippen LogP contribution in [-0.2, 0) is 16.2 Å². The SMILES string of the molecule is O=[S@@]1CC2(CCCC2CO)c2nc(N3CCC(c4ncc(Cl)cn4)CC3)ncc21. The van der Waals surface area contributed by atoms with Gasteiger partial charge in [-0.05, 0) is 31.6 Å². The standard InChI is InChI=1S/C20H24ClN5O2S/c21-15-8-22-18(23-9-15)13-3-6-26(7-4-13)19-24-10-16-17(25-19)20(12-29(16)28)5-1-2-14(20)11-27/h8-10,13-14,27H,1-7,11-12H2/t14?,20?,29-/m1/s1. The summed E-state index contributed by atoms with van der Waals surface area (Å²) in [7, 11) is -1.08. The van der Waals surface area contributed by atoms with Crippen LogP contribution in [0.5, 0.6) is 0 Å². The van der Waals surface area contributed by atoms with Crippen molar-refractivity contribution in [1.82, 2.24) is 19.9 Å². The van der Waals surface area contributed by atoms with Crippen molar-refractivity contribution in [2.75, 3.05) is 30.3 Å². The van der Waals surface area contributed by atoms with E-state index in [1.807, 2.05) is 0 Å². The van der Waals surface area contributed by atoms with Gasteiger partial charge in [-0.3, -0.25) is 4.21 Å². The molecule has 1 N–H and O–H groups in total. The normalized spacial score (nSPS) is 29.5. The maximum atomic E-state index is 12.7. The zero-order valence-corrected chi connectivity index (χ0v) is 17.7. The van der Waals surface area contributed by atoms with Crippen molar-refractivity contribution in [3.05, 3.63) is 35.1 Å². The van der Waals surface area contributed by atoms with Crippen LogP contribution in [0.1, 0.15) is 49.5 Å². The average Bonchev–Trinajstić information content (AvgIpc) is 3.29. The number of hydrogen-bond donors (Lipinski definition) is 1. The summed E-state index contributed by atoms with van der Waals surface area (Å²) in [4.78, 5) is 21.2. The third-order valence-electron chi connectivity index (χ3n) is 6.81. The van der Waals surface area contributed by atoms with Gasteiger partial charge >= 0.3 is 0 Å². The molecule has 0 amide bonds. The lowest BCUT2D eigenvalue weighted by atomic mass is 9.77. The minimum Gasteiger partial charge on any atom is -0.396 e. The Morgan fingerprint density at radius 1 is 1.17 bits per heavy atom. The van der Waals surface area contributed by atoms with Gasteiger partial charge in [-0.2, -0.15) is 0 Å². The molecule has 2 fully saturated rings. The number of aromatic nitrogens is 4. The molecule has 1 saturated heterocycles. The monoisotopic (exact) mass is 433 g/mol. The number of fused-ring (bicyclic) bond motifs is 2. The molecular formula is C20H24ClN5O2S. The summed E-state index contributed by atoms with van der Waals surface area (Å²) in [5.74, 6) is 2.58. The Morgan fingerprint density at radius 2 is 1.93 bits per heavy atom. The van der Waals surface area contributed by atoms with Gasteiger partial charge in [-0.25, -0.2) is 19.9 Å². The first-order valence-corrected chi connectivity index (χ1v) is 11.9. The summed E-state index contributed by atoms with van der Waals surface area (Å²) >= 11 is 5.90. The first-order valence-electron chi connectivity index (χ1n) is 10.2. The Balaban J connectivity index is 1.37. The Hall–Kier alpha value is -1.64. The molecule has 1 spiro atoms. The molecule has 2 unspecified atom stereocenters. The molecule has 9 heteroatoms. The van der Waals surface area contributed by atoms with Crippen molar-refractivity contribution in [3.8, 4) is 0 Å². The van der Waals surface area contributed by atoms with Gasteiger partial charge in [-0.15, -0.1) is 0 Å². The van der Waals surface area contributed by atoms with Crippen molar-refractivity contribution in [2.24, 2.45) is 5.92 Å². The third-order valence-corrected chi connectivity index (χ3v) is 8.57. The van der Waals surface area contributed by atoms with Crippen LogP contribution >= 0.6 is 11.6 Å². The molecule has 154 valence electrons. The quantitative estimate of drug-likeness (QED) is 0.794. The lowest BCUT2D eigenvalue weighted by Crippen LogP contribution is -2.37. The van der Waals surface area contributed by atoms with E-state index in [9.17, 15) is 9.32 Å². The number of nitrogens with zero attached hydrogens (tertiary/aromatic N) is 5. The highest BCUT2D eigenvalue weighted by molar-refractivity contribution is 7.85. The molecule has 2 aromatic rings. The fraction of sp³-hybridized carbons (Fsp3) is 0.600. The molecule has 5 rings (SSSR count). The Bertz CT molecular complexity index is 935. The van der Waals surface area contributed by atoms with E-state index in [1.165, 1.54) is 0 Å². The second kappa shape index (κ2) is 7.56. The van der Waals surface area contributed by atoms with Gasteiger partial charge in [0.15, 0.2) is 0 Å². The molecule has 1 aliphatic carbocycles. The topological polar surface area (TPSA) is 92.1 Å². The number of piperidine rings is 1. The maximum Gasteiger partial charge on any atom is 0.225 e. The van der Waals surface area contributed by atoms with E-state index in [2.05, 4.69) is 19.9 Å². The second-order valence-corrected chi connectivity index (χ2v) is 10.2. The molecule has 0 aromatic carbocycles. The predicted octanol–water partition coefficient (Wildman–Crippen LogP) is 2.46. The van der Waals surface area contributed by atoms with E-state index in [4.69, 9.17) is 16.6 Å². The van der Waals surface area contributed by atoms with E-state index < -0.39 is 10.8 Å². The van der Waals surface area contributed by atoms with Crippen LogP contribution in [0.15, 0.2) is 23.5 Å². The zero-order chi connectivity index (χ0) is 20.0. The lowest BCUT2D eigenvalue weighted by Gasteiger charge is -2.33. The van der Waals surface area contributed by atoms with E-state index >= 15 is 0 Å². The molecule has 3 aliphatic rings. The average molecular weight is 434 g/mol. The van der Waals surface area contributed by atoms with Crippen molar-refractivity contribution in [3.63, 3.8) is 0 Å². The van der Waals surface area contributed by atoms with Crippen molar-refractivity contribution >= 4 is 28.3 Å². The molecule has 0 radical (unpaired) electrons. The predicted molar refractivity (Wildman–Crippen MR) is 111 cm³/mol. The summed E-state index contributed by atoms with van der Waals surface area (Å²) in [6, 6.07) is 0. The van der Waals surface area contributed by atoms with Gasteiger partial charge in [0.05, 0.1) is 26.4 Å². The third kappa shape index (κ3) is 3.25. The summed E-state index contributed by atoms with van der Waals surface area (Å²) in [6.07, 6.45) is 9.88. The summed E-state index contributed by atoms with van der Waals surface area (Å²) < 4.78 is 12.7. The molecule has 29 heavy (non-hydrogen) atoms. The zero-order valence-electron chi connectivity index (χ0n) is 16.1. The summed E-state index contributed by atoms with van der Waals surface area (Å²) in [6.45, 7) is 1.78. The van der Waals surface area contributed by atoms with Crippen LogP contribution in [0.25, 0.3) is 0 Å². The molecule has 2 aliphatic heterocycles. The van der Waals surface area contributed by atoms with Crippen molar-refractivity contribution < 1.29 is 9.32 Å². The highest BCUT2D eigenvalue weighted by Crippen LogP contribution is 2.51. The van der Waals surface area contributed by atoms with E-state index in [-0.39, 0.29) is 17.9 Å². The first-order chi connectivity index (χ1) is 14.1. The smallest absolute Gasteiger partial charge is 0.225 e. The number of hydrogen-bond acceptors (Lipinski definition) is 7. The van der Waals surface area contributed by atoms with Gasteiger partial charge < -0.3 is 10.0 Å².